The van der Waals surface area contributed by atoms with Crippen molar-refractivity contribution >= 4 is 0 Å². The molecule has 0 fully saturated rings. The third kappa shape index (κ3) is 308. The Kier molecular flexibility index (Phi) is 3190. The summed E-state index contributed by atoms with van der Waals surface area (Å²) in [5.41, 5.74) is 0. The van der Waals surface area contributed by atoms with Gasteiger partial charge in [-0.3, -0.25) is 0 Å². The summed E-state index contributed by atoms with van der Waals surface area (Å²) in [6.45, 7) is 0. The van der Waals surface area contributed by atoms with E-state index in [4.69, 9.17) is 10.4 Å². The highest BCUT2D eigenvalue weighted by atomic mass is 16.4. The summed E-state index contributed by atoms with van der Waals surface area (Å²) in [7, 11) is 0. The summed E-state index contributed by atoms with van der Waals surface area (Å²) in [5.74, 6) is 6.50. The molecule has 0 aromatic carbocycles. The molecule has 0 saturated carbocycles. The van der Waals surface area contributed by atoms with Gasteiger partial charge in [0.1, 0.15) is 0 Å². The maximum absolute atomic E-state index is 7.75. The largest absolute Gasteiger partial charge is 0.412 e. The Morgan fingerprint density at radius 2 is 0.800 bits per heavy atom. The van der Waals surface area contributed by atoms with Gasteiger partial charge in [0.05, 0.1) is 0 Å². The molecule has 0 bridgehead atoms. The van der Waals surface area contributed by atoms with Gasteiger partial charge in [-0.1, -0.05) is 0 Å². The fourth-order valence-electron chi connectivity index (χ4n) is 0. The van der Waals surface area contributed by atoms with Crippen LogP contribution in [0.15, 0.2) is 0 Å². The van der Waals surface area contributed by atoms with Gasteiger partial charge < -0.3 is 5.48 Å². The van der Waals surface area contributed by atoms with Crippen LogP contribution in [0.1, 0.15) is 0 Å². The lowest BCUT2D eigenvalue weighted by atomic mass is 13.6. The zero-order chi connectivity index (χ0) is 4.00. The Bertz CT molecular complexity index is 4.85. The lowest BCUT2D eigenvalue weighted by Crippen LogP contribution is -1.67. The van der Waals surface area contributed by atoms with Crippen molar-refractivity contribution in [2.24, 2.45) is 11.8 Å². The Balaban J connectivity index is -0.0000000133. The van der Waals surface area contributed by atoms with Crippen molar-refractivity contribution < 1.29 is 15.9 Å². The zero-order valence-corrected chi connectivity index (χ0v) is 2.47. The smallest absolute Gasteiger partial charge is 0.127 e. The summed E-state index contributed by atoms with van der Waals surface area (Å²) >= 11 is 0. The highest BCUT2D eigenvalue weighted by Crippen LogP contribution is 0.530. The molecule has 5 nitrogen and oxygen atoms in total. The predicted molar refractivity (Wildman–Crippen MR) is 13.4 cm³/mol. The molecule has 0 heterocycles. The van der Waals surface area contributed by atoms with Crippen LogP contribution in [0.25, 0.3) is 0 Å². The maximum atomic E-state index is 7.75. The van der Waals surface area contributed by atoms with E-state index in [1.165, 1.54) is 0 Å². The van der Waals surface area contributed by atoms with Crippen LogP contribution >= 0.6 is 0 Å². The third-order valence-corrected chi connectivity index (χ3v) is 0. The first kappa shape index (κ1) is 21.4. The van der Waals surface area contributed by atoms with Crippen molar-refractivity contribution in [1.82, 2.24) is 0 Å². The molecule has 0 aliphatic heterocycles. The van der Waals surface area contributed by atoms with Gasteiger partial charge in [0.25, 0.3) is 0 Å². The zero-order valence-electron chi connectivity index (χ0n) is 2.47. The number of hydrogen-bond acceptors (Lipinski definition) is 2. The van der Waals surface area contributed by atoms with Gasteiger partial charge in [-0.15, -0.1) is 10.4 Å². The van der Waals surface area contributed by atoms with E-state index >= 15 is 0 Å². The normalized spacial score (nSPS) is 2.40. The summed E-state index contributed by atoms with van der Waals surface area (Å²) in [6, 6.07) is 0. The van der Waals surface area contributed by atoms with Gasteiger partial charge in [-0.2, -0.15) is 11.8 Å². The van der Waals surface area contributed by atoms with E-state index in [2.05, 4.69) is 11.8 Å². The fourth-order valence-corrected chi connectivity index (χ4v) is 0. The SMILES string of the molecule is N[O].N[O].O. The molecule has 34 valence electrons. The first-order valence-electron chi connectivity index (χ1n) is 0.471. The Morgan fingerprint density at radius 3 is 0.800 bits per heavy atom. The topological polar surface area (TPSA) is 123 Å². The lowest BCUT2D eigenvalue weighted by Gasteiger charge is -1.15. The molecule has 0 amide bonds. The van der Waals surface area contributed by atoms with E-state index in [1.807, 2.05) is 0 Å². The average Bonchev–Trinajstić information content (AvgIpc) is 1.50. The van der Waals surface area contributed by atoms with Crippen LogP contribution in [0.2, 0.25) is 0 Å². The van der Waals surface area contributed by atoms with Crippen LogP contribution in [0.4, 0.5) is 0 Å². The Morgan fingerprint density at radius 1 is 0.800 bits per heavy atom. The number of rotatable bonds is 0. The van der Waals surface area contributed by atoms with E-state index in [0.29, 0.717) is 0 Å². The van der Waals surface area contributed by atoms with Crippen molar-refractivity contribution in [2.45, 2.75) is 0 Å². The molecule has 0 saturated heterocycles. The number of hydrogen-bond donors (Lipinski definition) is 2. The molecule has 0 aliphatic carbocycles. The van der Waals surface area contributed by atoms with E-state index in [0.717, 1.165) is 0 Å². The Hall–Kier alpha value is -0.200. The van der Waals surface area contributed by atoms with E-state index in [1.54, 1.807) is 0 Å². The van der Waals surface area contributed by atoms with E-state index < -0.39 is 0 Å². The van der Waals surface area contributed by atoms with Crippen molar-refractivity contribution in [3.05, 3.63) is 0 Å². The van der Waals surface area contributed by atoms with Gasteiger partial charge in [0, 0.05) is 0 Å². The van der Waals surface area contributed by atoms with Crippen LogP contribution < -0.4 is 11.8 Å². The highest BCUT2D eigenvalue weighted by molar-refractivity contribution is 2.75. The van der Waals surface area contributed by atoms with Gasteiger partial charge in [0.15, 0.2) is 0 Å². The monoisotopic (exact) mass is 82.0 g/mol. The van der Waals surface area contributed by atoms with Crippen molar-refractivity contribution in [3.63, 3.8) is 0 Å². The standard InChI is InChI=1S/2H2NO.H2O/c2*1-2;/h2*1H2;1H2. The minimum atomic E-state index is 0. The summed E-state index contributed by atoms with van der Waals surface area (Å²) < 4.78 is 0. The summed E-state index contributed by atoms with van der Waals surface area (Å²) in [6.07, 6.45) is 0. The molecule has 2 radical (unpaired) electrons. The molecule has 5 heavy (non-hydrogen) atoms. The second-order valence-electron chi connectivity index (χ2n) is 0. The minimum Gasteiger partial charge on any atom is -0.412 e. The molecular formula is H6N2O3. The van der Waals surface area contributed by atoms with Crippen LogP contribution in [0.5, 0.6) is 0 Å². The molecular weight excluding hydrogens is 76.0 g/mol. The molecule has 6 N–H and O–H groups in total. The van der Waals surface area contributed by atoms with Crippen LogP contribution in [0, 0.1) is 0 Å². The van der Waals surface area contributed by atoms with Gasteiger partial charge >= 0.3 is 0 Å². The van der Waals surface area contributed by atoms with Gasteiger partial charge in [0.2, 0.25) is 0 Å². The first-order valence-corrected chi connectivity index (χ1v) is 0.471. The van der Waals surface area contributed by atoms with Gasteiger partial charge in [-0.25, -0.2) is 0 Å². The molecule has 0 aromatic rings. The van der Waals surface area contributed by atoms with Crippen LogP contribution in [-0.2, 0) is 10.4 Å². The number of nitrogens with two attached hydrogens (primary N) is 2. The molecule has 0 spiro atoms. The van der Waals surface area contributed by atoms with Crippen LogP contribution in [-0.4, -0.2) is 5.48 Å². The molecule has 0 atom stereocenters. The predicted octanol–water partition coefficient (Wildman–Crippen LogP) is -2.24. The second kappa shape index (κ2) is 745. The van der Waals surface area contributed by atoms with Crippen molar-refractivity contribution in [2.75, 3.05) is 0 Å². The van der Waals surface area contributed by atoms with Crippen molar-refractivity contribution in [3.8, 4) is 0 Å². The van der Waals surface area contributed by atoms with Crippen LogP contribution in [0.3, 0.4) is 0 Å². The highest BCUT2D eigenvalue weighted by Gasteiger charge is 0.848. The average molecular weight is 82.1 g/mol. The van der Waals surface area contributed by atoms with Gasteiger partial charge in [-0.05, 0) is 0 Å². The quantitative estimate of drug-likeness (QED) is 0.320. The molecule has 0 aromatic heterocycles. The Labute approximate surface area is 29.0 Å². The molecule has 5 heteroatoms. The van der Waals surface area contributed by atoms with Crippen molar-refractivity contribution in [1.29, 1.82) is 0 Å². The third-order valence-electron chi connectivity index (χ3n) is 0. The van der Waals surface area contributed by atoms with E-state index in [9.17, 15) is 0 Å². The maximum Gasteiger partial charge on any atom is -0.127 e. The lowest BCUT2D eigenvalue weighted by molar-refractivity contribution is 0.201. The summed E-state index contributed by atoms with van der Waals surface area (Å²) in [5, 5.41) is 15.5. The second-order valence-corrected chi connectivity index (χ2v) is 0. The molecule has 0 aliphatic rings. The molecule has 0 unspecified atom stereocenters. The first-order chi connectivity index (χ1) is 2.00. The fraction of sp³-hybridized carbons (Fsp3) is 0. The summed E-state index contributed by atoms with van der Waals surface area (Å²) in [4.78, 5) is 0. The minimum absolute atomic E-state index is 0. The van der Waals surface area contributed by atoms with E-state index in [-0.39, 0.29) is 5.48 Å². The molecule has 0 rings (SSSR count).